The van der Waals surface area contributed by atoms with Crippen LogP contribution in [0, 0.1) is 0 Å². The fourth-order valence-corrected chi connectivity index (χ4v) is 1.95. The molecule has 0 radical (unpaired) electrons. The lowest BCUT2D eigenvalue weighted by molar-refractivity contribution is -0.141. The molecule has 0 amide bonds. The standard InChI is InChI=1S/C15H16O3.ClH/c1-10(15(16)18-3)11-4-5-13-9-14(17-2)7-6-12(13)8-11;/h4-10H,1-3H3;1H. The van der Waals surface area contributed by atoms with Crippen LogP contribution in [0.4, 0.5) is 0 Å². The molecule has 0 fully saturated rings. The summed E-state index contributed by atoms with van der Waals surface area (Å²) in [5, 5.41) is 2.18. The van der Waals surface area contributed by atoms with Crippen molar-refractivity contribution in [2.24, 2.45) is 0 Å². The minimum Gasteiger partial charge on any atom is -0.497 e. The van der Waals surface area contributed by atoms with E-state index in [2.05, 4.69) is 0 Å². The number of ether oxygens (including phenoxy) is 2. The van der Waals surface area contributed by atoms with Crippen LogP contribution in [-0.4, -0.2) is 20.2 Å². The summed E-state index contributed by atoms with van der Waals surface area (Å²) in [5.74, 6) is 0.362. The highest BCUT2D eigenvalue weighted by atomic mass is 35.5. The van der Waals surface area contributed by atoms with Crippen LogP contribution in [0.25, 0.3) is 10.8 Å². The molecule has 1 unspecified atom stereocenters. The number of benzene rings is 2. The molecule has 0 aliphatic carbocycles. The lowest BCUT2D eigenvalue weighted by atomic mass is 9.98. The summed E-state index contributed by atoms with van der Waals surface area (Å²) in [5.41, 5.74) is 0.958. The van der Waals surface area contributed by atoms with E-state index >= 15 is 0 Å². The predicted octanol–water partition coefficient (Wildman–Crippen LogP) is 3.55. The van der Waals surface area contributed by atoms with E-state index in [4.69, 9.17) is 9.47 Å². The van der Waals surface area contributed by atoms with E-state index in [1.165, 1.54) is 7.11 Å². The van der Waals surface area contributed by atoms with E-state index in [-0.39, 0.29) is 24.3 Å². The molecule has 0 N–H and O–H groups in total. The maximum absolute atomic E-state index is 11.5. The molecule has 0 spiro atoms. The maximum Gasteiger partial charge on any atom is 0.312 e. The molecule has 19 heavy (non-hydrogen) atoms. The normalized spacial score (nSPS) is 11.5. The third-order valence-electron chi connectivity index (χ3n) is 3.13. The number of carbonyl (C=O) groups is 1. The summed E-state index contributed by atoms with van der Waals surface area (Å²) in [7, 11) is 3.06. The number of methoxy groups -OCH3 is 2. The summed E-state index contributed by atoms with van der Waals surface area (Å²) < 4.78 is 9.94. The lowest BCUT2D eigenvalue weighted by Gasteiger charge is -2.10. The zero-order chi connectivity index (χ0) is 13.1. The topological polar surface area (TPSA) is 35.5 Å². The Morgan fingerprint density at radius 2 is 1.68 bits per heavy atom. The maximum atomic E-state index is 11.5. The molecule has 102 valence electrons. The first kappa shape index (κ1) is 15.3. The first-order valence-corrected chi connectivity index (χ1v) is 5.81. The number of carbonyl (C=O) groups excluding carboxylic acids is 1. The van der Waals surface area contributed by atoms with Crippen molar-refractivity contribution in [1.82, 2.24) is 0 Å². The smallest absolute Gasteiger partial charge is 0.312 e. The monoisotopic (exact) mass is 280 g/mol. The highest BCUT2D eigenvalue weighted by molar-refractivity contribution is 5.86. The van der Waals surface area contributed by atoms with Crippen LogP contribution >= 0.6 is 12.4 Å². The fourth-order valence-electron chi connectivity index (χ4n) is 1.95. The quantitative estimate of drug-likeness (QED) is 0.807. The fraction of sp³-hybridized carbons (Fsp3) is 0.267. The van der Waals surface area contributed by atoms with Gasteiger partial charge in [-0.15, -0.1) is 12.4 Å². The van der Waals surface area contributed by atoms with Gasteiger partial charge >= 0.3 is 5.97 Å². The Bertz CT molecular complexity index is 581. The van der Waals surface area contributed by atoms with Gasteiger partial charge in [0.1, 0.15) is 5.75 Å². The minimum absolute atomic E-state index is 0. The molecule has 0 bridgehead atoms. The molecule has 2 aromatic carbocycles. The van der Waals surface area contributed by atoms with Gasteiger partial charge in [0, 0.05) is 0 Å². The number of fused-ring (bicyclic) bond motifs is 1. The van der Waals surface area contributed by atoms with E-state index < -0.39 is 0 Å². The Kier molecular flexibility index (Phi) is 5.19. The second-order valence-corrected chi connectivity index (χ2v) is 4.22. The predicted molar refractivity (Wildman–Crippen MR) is 78.2 cm³/mol. The molecule has 0 aromatic heterocycles. The van der Waals surface area contributed by atoms with E-state index in [9.17, 15) is 4.79 Å². The Hall–Kier alpha value is -1.74. The van der Waals surface area contributed by atoms with Crippen LogP contribution < -0.4 is 4.74 Å². The molecular weight excluding hydrogens is 264 g/mol. The Balaban J connectivity index is 0.00000180. The highest BCUT2D eigenvalue weighted by Gasteiger charge is 2.15. The van der Waals surface area contributed by atoms with Gasteiger partial charge in [0.05, 0.1) is 20.1 Å². The summed E-state index contributed by atoms with van der Waals surface area (Å²) in [6, 6.07) is 11.8. The zero-order valence-corrected chi connectivity index (χ0v) is 12.0. The van der Waals surface area contributed by atoms with E-state index in [0.717, 1.165) is 22.1 Å². The minimum atomic E-state index is -0.249. The van der Waals surface area contributed by atoms with Gasteiger partial charge in [0.2, 0.25) is 0 Å². The van der Waals surface area contributed by atoms with Crippen molar-refractivity contribution in [1.29, 1.82) is 0 Å². The van der Waals surface area contributed by atoms with Crippen molar-refractivity contribution >= 4 is 29.1 Å². The SMILES string of the molecule is COC(=O)C(C)c1ccc2cc(OC)ccc2c1.Cl. The molecule has 0 saturated heterocycles. The van der Waals surface area contributed by atoms with Crippen LogP contribution in [-0.2, 0) is 9.53 Å². The molecule has 1 atom stereocenters. The van der Waals surface area contributed by atoms with Crippen molar-refractivity contribution < 1.29 is 14.3 Å². The molecule has 2 rings (SSSR count). The lowest BCUT2D eigenvalue weighted by Crippen LogP contribution is -2.10. The van der Waals surface area contributed by atoms with Gasteiger partial charge < -0.3 is 9.47 Å². The number of hydrogen-bond donors (Lipinski definition) is 0. The van der Waals surface area contributed by atoms with Crippen LogP contribution in [0.15, 0.2) is 36.4 Å². The number of halogens is 1. The van der Waals surface area contributed by atoms with Gasteiger partial charge in [-0.1, -0.05) is 24.3 Å². The highest BCUT2D eigenvalue weighted by Crippen LogP contribution is 2.25. The summed E-state index contributed by atoms with van der Waals surface area (Å²) in [6.07, 6.45) is 0. The number of esters is 1. The van der Waals surface area contributed by atoms with Crippen molar-refractivity contribution in [2.45, 2.75) is 12.8 Å². The van der Waals surface area contributed by atoms with E-state index in [1.807, 2.05) is 43.3 Å². The first-order valence-electron chi connectivity index (χ1n) is 5.81. The Labute approximate surface area is 118 Å². The second-order valence-electron chi connectivity index (χ2n) is 4.22. The molecular formula is C15H17ClO3. The van der Waals surface area contributed by atoms with Gasteiger partial charge in [-0.05, 0) is 35.4 Å². The Morgan fingerprint density at radius 3 is 2.32 bits per heavy atom. The van der Waals surface area contributed by atoms with Gasteiger partial charge in [0.15, 0.2) is 0 Å². The summed E-state index contributed by atoms with van der Waals surface area (Å²) in [4.78, 5) is 11.5. The van der Waals surface area contributed by atoms with Crippen molar-refractivity contribution in [3.05, 3.63) is 42.0 Å². The average molecular weight is 281 g/mol. The summed E-state index contributed by atoms with van der Waals surface area (Å²) in [6.45, 7) is 1.84. The zero-order valence-electron chi connectivity index (χ0n) is 11.2. The van der Waals surface area contributed by atoms with Crippen LogP contribution in [0.1, 0.15) is 18.4 Å². The molecule has 0 heterocycles. The van der Waals surface area contributed by atoms with Crippen molar-refractivity contribution in [2.75, 3.05) is 14.2 Å². The average Bonchev–Trinajstić information content (AvgIpc) is 2.44. The molecule has 3 nitrogen and oxygen atoms in total. The Morgan fingerprint density at radius 1 is 1.05 bits per heavy atom. The first-order chi connectivity index (χ1) is 8.65. The van der Waals surface area contributed by atoms with Gasteiger partial charge in [-0.3, -0.25) is 4.79 Å². The third kappa shape index (κ3) is 3.18. The van der Waals surface area contributed by atoms with E-state index in [1.54, 1.807) is 7.11 Å². The number of rotatable bonds is 3. The molecule has 0 saturated carbocycles. The molecule has 0 aliphatic heterocycles. The van der Waals surface area contributed by atoms with E-state index in [0.29, 0.717) is 0 Å². The van der Waals surface area contributed by atoms with Crippen LogP contribution in [0.5, 0.6) is 5.75 Å². The number of hydrogen-bond acceptors (Lipinski definition) is 3. The summed E-state index contributed by atoms with van der Waals surface area (Å²) >= 11 is 0. The van der Waals surface area contributed by atoms with Crippen LogP contribution in [0.3, 0.4) is 0 Å². The van der Waals surface area contributed by atoms with Crippen LogP contribution in [0.2, 0.25) is 0 Å². The van der Waals surface area contributed by atoms with Gasteiger partial charge in [-0.25, -0.2) is 0 Å². The second kappa shape index (κ2) is 6.43. The van der Waals surface area contributed by atoms with Gasteiger partial charge in [0.25, 0.3) is 0 Å². The largest absolute Gasteiger partial charge is 0.497 e. The molecule has 2 aromatic rings. The van der Waals surface area contributed by atoms with Crippen molar-refractivity contribution in [3.63, 3.8) is 0 Å². The molecule has 0 aliphatic rings. The molecule has 4 heteroatoms. The van der Waals surface area contributed by atoms with Crippen molar-refractivity contribution in [3.8, 4) is 5.75 Å². The third-order valence-corrected chi connectivity index (χ3v) is 3.13. The van der Waals surface area contributed by atoms with Gasteiger partial charge in [-0.2, -0.15) is 0 Å².